The van der Waals surface area contributed by atoms with E-state index in [0.717, 1.165) is 11.8 Å². The fourth-order valence-electron chi connectivity index (χ4n) is 3.72. The number of hydrogen-bond donors (Lipinski definition) is 0. The molecule has 8 heteroatoms. The molecule has 2 aliphatic rings. The first-order chi connectivity index (χ1) is 12.6. The van der Waals surface area contributed by atoms with Crippen LogP contribution in [0, 0.1) is 0 Å². The summed E-state index contributed by atoms with van der Waals surface area (Å²) in [5.74, 6) is 0. The Labute approximate surface area is 152 Å². The van der Waals surface area contributed by atoms with Gasteiger partial charge in [-0.3, -0.25) is 4.98 Å². The minimum Gasteiger partial charge on any atom is -0.449 e. The molecule has 0 aliphatic carbocycles. The standard InChI is InChI=1S/C18H21N3O4S/c22-18-21(10-3-13-25-18)15-7-11-20(12-8-15)26(23,24)16-6-1-4-14-5-2-9-19-17(14)16/h1-2,4-6,9,15H,3,7-8,10-13H2. The van der Waals surface area contributed by atoms with Gasteiger partial charge in [-0.25, -0.2) is 13.2 Å². The molecule has 0 unspecified atom stereocenters. The smallest absolute Gasteiger partial charge is 0.410 e. The van der Waals surface area contributed by atoms with Crippen LogP contribution in [0.4, 0.5) is 4.79 Å². The molecule has 2 saturated heterocycles. The third kappa shape index (κ3) is 3.03. The summed E-state index contributed by atoms with van der Waals surface area (Å²) in [4.78, 5) is 18.2. The fourth-order valence-corrected chi connectivity index (χ4v) is 5.35. The van der Waals surface area contributed by atoms with E-state index in [-0.39, 0.29) is 17.0 Å². The number of fused-ring (bicyclic) bond motifs is 1. The predicted octanol–water partition coefficient (Wildman–Crippen LogP) is 2.23. The number of carbonyl (C=O) groups excluding carboxylic acids is 1. The lowest BCUT2D eigenvalue weighted by atomic mass is 10.0. The number of sulfonamides is 1. The summed E-state index contributed by atoms with van der Waals surface area (Å²) >= 11 is 0. The maximum atomic E-state index is 13.1. The number of hydrogen-bond acceptors (Lipinski definition) is 5. The van der Waals surface area contributed by atoms with Gasteiger partial charge in [0.25, 0.3) is 0 Å². The second-order valence-corrected chi connectivity index (χ2v) is 8.53. The molecule has 2 aliphatic heterocycles. The van der Waals surface area contributed by atoms with Gasteiger partial charge in [0.1, 0.15) is 4.90 Å². The number of pyridine rings is 1. The van der Waals surface area contributed by atoms with E-state index in [1.165, 1.54) is 4.31 Å². The van der Waals surface area contributed by atoms with Crippen molar-refractivity contribution in [2.45, 2.75) is 30.2 Å². The molecular formula is C18H21N3O4S. The van der Waals surface area contributed by atoms with Gasteiger partial charge in [0.2, 0.25) is 10.0 Å². The molecule has 0 N–H and O–H groups in total. The van der Waals surface area contributed by atoms with Gasteiger partial charge < -0.3 is 9.64 Å². The zero-order chi connectivity index (χ0) is 18.1. The van der Waals surface area contributed by atoms with E-state index in [1.54, 1.807) is 29.3 Å². The Morgan fingerprint density at radius 2 is 1.85 bits per heavy atom. The topological polar surface area (TPSA) is 79.8 Å². The molecule has 1 aromatic carbocycles. The van der Waals surface area contributed by atoms with Gasteiger partial charge in [-0.2, -0.15) is 4.31 Å². The van der Waals surface area contributed by atoms with E-state index in [2.05, 4.69) is 4.98 Å². The number of aromatic nitrogens is 1. The molecule has 3 heterocycles. The Morgan fingerprint density at radius 3 is 2.62 bits per heavy atom. The van der Waals surface area contributed by atoms with Crippen molar-refractivity contribution in [2.75, 3.05) is 26.2 Å². The highest BCUT2D eigenvalue weighted by Gasteiger charge is 2.35. The van der Waals surface area contributed by atoms with Gasteiger partial charge >= 0.3 is 6.09 Å². The highest BCUT2D eigenvalue weighted by Crippen LogP contribution is 2.28. The number of benzene rings is 1. The molecule has 0 saturated carbocycles. The summed E-state index contributed by atoms with van der Waals surface area (Å²) in [6, 6.07) is 8.90. The minimum atomic E-state index is -3.62. The first-order valence-corrected chi connectivity index (χ1v) is 10.3. The Hall–Kier alpha value is -2.19. The average Bonchev–Trinajstić information content (AvgIpc) is 2.68. The van der Waals surface area contributed by atoms with Crippen LogP contribution >= 0.6 is 0 Å². The van der Waals surface area contributed by atoms with Crippen molar-refractivity contribution in [3.63, 3.8) is 0 Å². The highest BCUT2D eigenvalue weighted by atomic mass is 32.2. The van der Waals surface area contributed by atoms with Crippen molar-refractivity contribution in [1.82, 2.24) is 14.2 Å². The molecule has 26 heavy (non-hydrogen) atoms. The molecule has 0 radical (unpaired) electrons. The van der Waals surface area contributed by atoms with Gasteiger partial charge in [0.15, 0.2) is 0 Å². The van der Waals surface area contributed by atoms with E-state index >= 15 is 0 Å². The van der Waals surface area contributed by atoms with E-state index in [9.17, 15) is 13.2 Å². The van der Waals surface area contributed by atoms with Crippen molar-refractivity contribution < 1.29 is 17.9 Å². The first kappa shape index (κ1) is 17.2. The van der Waals surface area contributed by atoms with Gasteiger partial charge in [-0.15, -0.1) is 0 Å². The number of rotatable bonds is 3. The lowest BCUT2D eigenvalue weighted by molar-refractivity contribution is 0.0442. The van der Waals surface area contributed by atoms with Crippen molar-refractivity contribution in [3.8, 4) is 0 Å². The van der Waals surface area contributed by atoms with E-state index in [4.69, 9.17) is 4.74 Å². The van der Waals surface area contributed by atoms with Crippen LogP contribution in [-0.4, -0.2) is 61.0 Å². The lowest BCUT2D eigenvalue weighted by Gasteiger charge is -2.39. The number of carbonyl (C=O) groups is 1. The average molecular weight is 375 g/mol. The molecule has 7 nitrogen and oxygen atoms in total. The van der Waals surface area contributed by atoms with Crippen LogP contribution < -0.4 is 0 Å². The third-order valence-electron chi connectivity index (χ3n) is 5.08. The summed E-state index contributed by atoms with van der Waals surface area (Å²) in [6.07, 6.45) is 3.39. The maximum absolute atomic E-state index is 13.1. The van der Waals surface area contributed by atoms with E-state index in [0.29, 0.717) is 44.6 Å². The minimum absolute atomic E-state index is 0.0416. The van der Waals surface area contributed by atoms with Gasteiger partial charge in [0.05, 0.1) is 12.1 Å². The number of amides is 1. The summed E-state index contributed by atoms with van der Waals surface area (Å²) in [5.41, 5.74) is 0.497. The highest BCUT2D eigenvalue weighted by molar-refractivity contribution is 7.89. The number of nitrogens with zero attached hydrogens (tertiary/aromatic N) is 3. The van der Waals surface area contributed by atoms with Crippen LogP contribution in [0.15, 0.2) is 41.4 Å². The van der Waals surface area contributed by atoms with Crippen molar-refractivity contribution >= 4 is 27.0 Å². The van der Waals surface area contributed by atoms with Crippen LogP contribution in [0.2, 0.25) is 0 Å². The molecule has 4 rings (SSSR count). The van der Waals surface area contributed by atoms with Crippen LogP contribution in [0.5, 0.6) is 0 Å². The van der Waals surface area contributed by atoms with E-state index in [1.807, 2.05) is 12.1 Å². The SMILES string of the molecule is O=C1OCCCN1C1CCN(S(=O)(=O)c2cccc3cccnc23)CC1. The molecule has 2 fully saturated rings. The van der Waals surface area contributed by atoms with Crippen molar-refractivity contribution in [1.29, 1.82) is 0 Å². The normalized spacial score (nSPS) is 20.3. The Morgan fingerprint density at radius 1 is 1.08 bits per heavy atom. The number of piperidine rings is 1. The van der Waals surface area contributed by atoms with Crippen molar-refractivity contribution in [3.05, 3.63) is 36.5 Å². The molecule has 1 amide bonds. The largest absolute Gasteiger partial charge is 0.449 e. The third-order valence-corrected chi connectivity index (χ3v) is 7.01. The Balaban J connectivity index is 1.54. The monoisotopic (exact) mass is 375 g/mol. The summed E-state index contributed by atoms with van der Waals surface area (Å²) < 4.78 is 32.9. The zero-order valence-corrected chi connectivity index (χ0v) is 15.2. The number of cyclic esters (lactones) is 1. The molecule has 0 atom stereocenters. The fraction of sp³-hybridized carbons (Fsp3) is 0.444. The van der Waals surface area contributed by atoms with Crippen LogP contribution in [0.3, 0.4) is 0 Å². The van der Waals surface area contributed by atoms with Crippen molar-refractivity contribution in [2.24, 2.45) is 0 Å². The van der Waals surface area contributed by atoms with Gasteiger partial charge in [0, 0.05) is 37.3 Å². The molecule has 0 bridgehead atoms. The van der Waals surface area contributed by atoms with Gasteiger partial charge in [-0.05, 0) is 31.4 Å². The Kier molecular flexibility index (Phi) is 4.54. The van der Waals surface area contributed by atoms with Gasteiger partial charge in [-0.1, -0.05) is 18.2 Å². The molecule has 0 spiro atoms. The molecular weight excluding hydrogens is 354 g/mol. The quantitative estimate of drug-likeness (QED) is 0.822. The second kappa shape index (κ2) is 6.85. The van der Waals surface area contributed by atoms with Crippen LogP contribution in [0.25, 0.3) is 10.9 Å². The molecule has 2 aromatic rings. The predicted molar refractivity (Wildman–Crippen MR) is 96.2 cm³/mol. The summed E-state index contributed by atoms with van der Waals surface area (Å²) in [6.45, 7) is 1.93. The Bertz CT molecular complexity index is 918. The number of para-hydroxylation sites is 1. The lowest BCUT2D eigenvalue weighted by Crippen LogP contribution is -2.50. The molecule has 138 valence electrons. The first-order valence-electron chi connectivity index (χ1n) is 8.85. The summed E-state index contributed by atoms with van der Waals surface area (Å²) in [7, 11) is -3.62. The van der Waals surface area contributed by atoms with Crippen LogP contribution in [-0.2, 0) is 14.8 Å². The molecule has 1 aromatic heterocycles. The number of ether oxygens (including phenoxy) is 1. The maximum Gasteiger partial charge on any atom is 0.410 e. The van der Waals surface area contributed by atoms with Crippen LogP contribution in [0.1, 0.15) is 19.3 Å². The van der Waals surface area contributed by atoms with E-state index < -0.39 is 10.0 Å². The second-order valence-electron chi connectivity index (χ2n) is 6.63. The zero-order valence-electron chi connectivity index (χ0n) is 14.4. The summed E-state index contributed by atoms with van der Waals surface area (Å²) in [5, 5.41) is 0.805.